The van der Waals surface area contributed by atoms with E-state index in [1.165, 1.54) is 0 Å². The number of hydrogen-bond donors (Lipinski definition) is 2. The lowest BCUT2D eigenvalue weighted by molar-refractivity contribution is -0.870. The number of rotatable bonds is 10. The third-order valence-corrected chi connectivity index (χ3v) is 5.71. The van der Waals surface area contributed by atoms with Crippen LogP contribution in [-0.4, -0.2) is 89.0 Å². The number of carbonyl (C=O) groups excluding carboxylic acids is 2. The summed E-state index contributed by atoms with van der Waals surface area (Å²) in [6.45, 7) is 3.57. The van der Waals surface area contributed by atoms with Gasteiger partial charge < -0.3 is 19.6 Å². The number of carbonyl (C=O) groups is 2. The first-order valence-corrected chi connectivity index (χ1v) is 11.4. The molecule has 0 spiro atoms. The van der Waals surface area contributed by atoms with Crippen LogP contribution >= 0.6 is 0 Å². The van der Waals surface area contributed by atoms with Gasteiger partial charge in [-0.3, -0.25) is 9.59 Å². The molecule has 0 saturated heterocycles. The van der Waals surface area contributed by atoms with Gasteiger partial charge in [0.05, 0.1) is 66.5 Å². The molecule has 2 aromatic rings. The third kappa shape index (κ3) is 5.75. The van der Waals surface area contributed by atoms with Gasteiger partial charge in [0.15, 0.2) is 11.6 Å². The number of ketones is 2. The van der Waals surface area contributed by atoms with E-state index in [0.717, 1.165) is 59.4 Å². The van der Waals surface area contributed by atoms with Crippen LogP contribution in [0.25, 0.3) is 0 Å². The van der Waals surface area contributed by atoms with Gasteiger partial charge in [-0.2, -0.15) is 0 Å². The molecule has 0 saturated carbocycles. The number of quaternary nitrogens is 2. The molecule has 2 aromatic carbocycles. The van der Waals surface area contributed by atoms with E-state index in [0.29, 0.717) is 22.3 Å². The van der Waals surface area contributed by atoms with Crippen LogP contribution in [0, 0.1) is 0 Å². The molecule has 0 atom stereocenters. The van der Waals surface area contributed by atoms with E-state index in [9.17, 15) is 9.59 Å². The normalized spacial score (nSPS) is 13.6. The molecule has 0 bridgehead atoms. The highest BCUT2D eigenvalue weighted by Crippen LogP contribution is 2.35. The first kappa shape index (κ1) is 24.0. The lowest BCUT2D eigenvalue weighted by Crippen LogP contribution is -2.36. The van der Waals surface area contributed by atoms with E-state index in [-0.39, 0.29) is 11.6 Å². The van der Waals surface area contributed by atoms with Gasteiger partial charge in [0.25, 0.3) is 0 Å². The molecule has 2 N–H and O–H groups in total. The Hall–Kier alpha value is -2.70. The van der Waals surface area contributed by atoms with Gasteiger partial charge in [-0.05, 0) is 12.1 Å². The highest BCUT2D eigenvalue weighted by atomic mass is 16.1. The predicted molar refractivity (Wildman–Crippen MR) is 132 cm³/mol. The van der Waals surface area contributed by atoms with Crippen LogP contribution in [0.3, 0.4) is 0 Å². The number of nitrogens with zero attached hydrogens (tertiary/aromatic N) is 2. The Balaban J connectivity index is 1.81. The summed E-state index contributed by atoms with van der Waals surface area (Å²) in [5, 5.41) is 6.79. The van der Waals surface area contributed by atoms with E-state index in [4.69, 9.17) is 0 Å². The van der Waals surface area contributed by atoms with Crippen molar-refractivity contribution in [2.24, 2.45) is 0 Å². The summed E-state index contributed by atoms with van der Waals surface area (Å²) in [5.41, 5.74) is 3.46. The zero-order chi connectivity index (χ0) is 23.5. The summed E-state index contributed by atoms with van der Waals surface area (Å²) < 4.78 is 1.79. The Morgan fingerprint density at radius 2 is 1.00 bits per heavy atom. The second-order valence-corrected chi connectivity index (χ2v) is 10.7. The summed E-state index contributed by atoms with van der Waals surface area (Å²) in [5.74, 6) is -0.168. The van der Waals surface area contributed by atoms with Crippen LogP contribution in [0.4, 0.5) is 11.4 Å². The maximum atomic E-state index is 13.5. The van der Waals surface area contributed by atoms with Gasteiger partial charge in [-0.15, -0.1) is 0 Å². The maximum absolute atomic E-state index is 13.5. The van der Waals surface area contributed by atoms with Gasteiger partial charge in [0, 0.05) is 48.4 Å². The highest BCUT2D eigenvalue weighted by Gasteiger charge is 2.33. The van der Waals surface area contributed by atoms with Gasteiger partial charge in [-0.1, -0.05) is 24.3 Å². The van der Waals surface area contributed by atoms with Crippen molar-refractivity contribution in [3.8, 4) is 0 Å². The Morgan fingerprint density at radius 1 is 0.625 bits per heavy atom. The predicted octanol–water partition coefficient (Wildman–Crippen LogP) is 3.48. The molecule has 6 nitrogen and oxygen atoms in total. The Morgan fingerprint density at radius 3 is 1.34 bits per heavy atom. The molecule has 3 rings (SSSR count). The minimum absolute atomic E-state index is 0.0840. The molecule has 0 unspecified atom stereocenters. The molecule has 1 aliphatic rings. The molecule has 0 amide bonds. The van der Waals surface area contributed by atoms with Crippen molar-refractivity contribution in [3.63, 3.8) is 0 Å². The van der Waals surface area contributed by atoms with Crippen LogP contribution in [0.15, 0.2) is 36.4 Å². The average molecular weight is 439 g/mol. The average Bonchev–Trinajstić information content (AvgIpc) is 2.71. The van der Waals surface area contributed by atoms with Gasteiger partial charge in [0.1, 0.15) is 0 Å². The zero-order valence-electron chi connectivity index (χ0n) is 20.4. The fourth-order valence-corrected chi connectivity index (χ4v) is 4.09. The summed E-state index contributed by atoms with van der Waals surface area (Å²) in [4.78, 5) is 26.9. The van der Waals surface area contributed by atoms with E-state index >= 15 is 0 Å². The molecule has 0 aliphatic heterocycles. The van der Waals surface area contributed by atoms with Crippen molar-refractivity contribution >= 4 is 22.9 Å². The van der Waals surface area contributed by atoms with E-state index in [1.807, 2.05) is 24.3 Å². The van der Waals surface area contributed by atoms with Crippen LogP contribution in [0.1, 0.15) is 44.7 Å². The Bertz CT molecular complexity index is 918. The van der Waals surface area contributed by atoms with E-state index in [1.54, 1.807) is 12.1 Å². The third-order valence-electron chi connectivity index (χ3n) is 5.71. The number of benzene rings is 2. The van der Waals surface area contributed by atoms with Crippen LogP contribution in [0.5, 0.6) is 0 Å². The molecule has 1 aliphatic carbocycles. The summed E-state index contributed by atoms with van der Waals surface area (Å²) in [7, 11) is 13.0. The minimum atomic E-state index is -0.0840. The topological polar surface area (TPSA) is 58.2 Å². The number of fused-ring (bicyclic) bond motifs is 2. The molecular weight excluding hydrogens is 400 g/mol. The first-order valence-electron chi connectivity index (χ1n) is 11.4. The fourth-order valence-electron chi connectivity index (χ4n) is 4.09. The molecule has 32 heavy (non-hydrogen) atoms. The minimum Gasteiger partial charge on any atom is -0.384 e. The molecule has 0 heterocycles. The highest BCUT2D eigenvalue weighted by molar-refractivity contribution is 6.31. The summed E-state index contributed by atoms with van der Waals surface area (Å²) >= 11 is 0. The molecule has 6 heteroatoms. The summed E-state index contributed by atoms with van der Waals surface area (Å²) in [6, 6.07) is 11.0. The molecular formula is C26H38N4O2+2. The van der Waals surface area contributed by atoms with Crippen molar-refractivity contribution < 1.29 is 18.6 Å². The number of nitrogens with one attached hydrogen (secondary N) is 2. The van der Waals surface area contributed by atoms with E-state index < -0.39 is 0 Å². The second kappa shape index (κ2) is 9.43. The molecule has 172 valence electrons. The number of hydrogen-bond acceptors (Lipinski definition) is 4. The smallest absolute Gasteiger partial charge is 0.196 e. The lowest BCUT2D eigenvalue weighted by atomic mass is 9.82. The van der Waals surface area contributed by atoms with Crippen molar-refractivity contribution in [1.29, 1.82) is 0 Å². The second-order valence-electron chi connectivity index (χ2n) is 10.7. The molecule has 0 aromatic heterocycles. The van der Waals surface area contributed by atoms with Crippen molar-refractivity contribution in [3.05, 3.63) is 58.7 Å². The standard InChI is InChI=1S/C26H36N4O2/c1-29(2,3)17-9-15-27-21-13-7-11-19-23(21)25(31)20-12-8-14-22(24(20)26(19)32)28-16-10-18-30(4,5)6/h7-8,11-14H,9-10,15-18H2,1-6H3/p+2. The quantitative estimate of drug-likeness (QED) is 0.376. The molecule has 0 radical (unpaired) electrons. The van der Waals surface area contributed by atoms with Crippen molar-refractivity contribution in [2.45, 2.75) is 12.8 Å². The Labute approximate surface area is 192 Å². The summed E-state index contributed by atoms with van der Waals surface area (Å²) in [6.07, 6.45) is 1.96. The number of anilines is 2. The SMILES string of the molecule is C[N+](C)(C)CCCNc1cccc2c1C(=O)c1cccc(NCCC[N+](C)(C)C)c1C2=O. The van der Waals surface area contributed by atoms with Crippen LogP contribution in [-0.2, 0) is 0 Å². The molecule has 0 fully saturated rings. The van der Waals surface area contributed by atoms with Crippen LogP contribution in [0.2, 0.25) is 0 Å². The lowest BCUT2D eigenvalue weighted by Gasteiger charge is -2.25. The van der Waals surface area contributed by atoms with Crippen molar-refractivity contribution in [1.82, 2.24) is 0 Å². The van der Waals surface area contributed by atoms with Gasteiger partial charge >= 0.3 is 0 Å². The fraction of sp³-hybridized carbons (Fsp3) is 0.462. The first-order chi connectivity index (χ1) is 15.0. The monoisotopic (exact) mass is 438 g/mol. The van der Waals surface area contributed by atoms with E-state index in [2.05, 4.69) is 52.9 Å². The van der Waals surface area contributed by atoms with Crippen LogP contribution < -0.4 is 10.6 Å². The van der Waals surface area contributed by atoms with Crippen molar-refractivity contribution in [2.75, 3.05) is 79.1 Å². The largest absolute Gasteiger partial charge is 0.384 e. The van der Waals surface area contributed by atoms with Gasteiger partial charge in [-0.25, -0.2) is 0 Å². The zero-order valence-corrected chi connectivity index (χ0v) is 20.4. The maximum Gasteiger partial charge on any atom is 0.196 e. The van der Waals surface area contributed by atoms with Gasteiger partial charge in [0.2, 0.25) is 0 Å². The Kier molecular flexibility index (Phi) is 7.06.